The summed E-state index contributed by atoms with van der Waals surface area (Å²) in [6, 6.07) is 9.79. The van der Waals surface area contributed by atoms with E-state index in [2.05, 4.69) is 0 Å². The van der Waals surface area contributed by atoms with Gasteiger partial charge in [-0.2, -0.15) is 0 Å². The summed E-state index contributed by atoms with van der Waals surface area (Å²) in [7, 11) is 0. The van der Waals surface area contributed by atoms with Crippen LogP contribution in [0.1, 0.15) is 31.2 Å². The van der Waals surface area contributed by atoms with E-state index >= 15 is 0 Å². The van der Waals surface area contributed by atoms with E-state index in [0.717, 1.165) is 18.4 Å². The van der Waals surface area contributed by atoms with Crippen LogP contribution in [0.5, 0.6) is 0 Å². The summed E-state index contributed by atoms with van der Waals surface area (Å²) < 4.78 is 10.7. The van der Waals surface area contributed by atoms with E-state index in [9.17, 15) is 4.79 Å². The Morgan fingerprint density at radius 2 is 2.24 bits per heavy atom. The third-order valence-corrected chi connectivity index (χ3v) is 3.07. The van der Waals surface area contributed by atoms with Crippen molar-refractivity contribution < 1.29 is 14.3 Å². The monoisotopic (exact) mass is 234 g/mol. The molecule has 1 aliphatic rings. The van der Waals surface area contributed by atoms with Crippen LogP contribution in [-0.4, -0.2) is 25.3 Å². The zero-order valence-corrected chi connectivity index (χ0v) is 10.1. The summed E-state index contributed by atoms with van der Waals surface area (Å²) in [6.07, 6.45) is 1.52. The van der Waals surface area contributed by atoms with E-state index in [1.165, 1.54) is 0 Å². The summed E-state index contributed by atoms with van der Waals surface area (Å²) in [4.78, 5) is 12.1. The van der Waals surface area contributed by atoms with E-state index in [-0.39, 0.29) is 18.0 Å². The number of esters is 1. The fraction of sp³-hybridized carbons (Fsp3) is 0.500. The molecule has 0 unspecified atom stereocenters. The van der Waals surface area contributed by atoms with Gasteiger partial charge in [0.25, 0.3) is 0 Å². The van der Waals surface area contributed by atoms with Gasteiger partial charge in [0, 0.05) is 6.42 Å². The molecule has 2 rings (SSSR count). The second kappa shape index (κ2) is 5.82. The summed E-state index contributed by atoms with van der Waals surface area (Å²) in [5.41, 5.74) is 1.03. The first-order valence-electron chi connectivity index (χ1n) is 6.14. The molecule has 1 aromatic rings. The summed E-state index contributed by atoms with van der Waals surface area (Å²) in [5, 5.41) is 0. The van der Waals surface area contributed by atoms with Gasteiger partial charge in [-0.3, -0.25) is 4.79 Å². The molecular formula is C14H18O3. The Balaban J connectivity index is 2.00. The van der Waals surface area contributed by atoms with Crippen LogP contribution in [0.4, 0.5) is 0 Å². The number of ether oxygens (including phenoxy) is 2. The number of carbonyl (C=O) groups is 1. The highest BCUT2D eigenvalue weighted by atomic mass is 16.6. The number of carbonyl (C=O) groups excluding carboxylic acids is 1. The SMILES string of the molecule is CC[C@H](C(=O)O[C@H]1CCOC1)c1ccccc1. The Labute approximate surface area is 102 Å². The normalized spacial score (nSPS) is 21.1. The average molecular weight is 234 g/mol. The second-order valence-corrected chi connectivity index (χ2v) is 4.29. The number of benzene rings is 1. The first-order valence-corrected chi connectivity index (χ1v) is 6.14. The van der Waals surface area contributed by atoms with Gasteiger partial charge in [0.15, 0.2) is 0 Å². The minimum atomic E-state index is -0.156. The highest BCUT2D eigenvalue weighted by Crippen LogP contribution is 2.22. The average Bonchev–Trinajstić information content (AvgIpc) is 2.84. The zero-order chi connectivity index (χ0) is 12.1. The Kier molecular flexibility index (Phi) is 4.15. The molecule has 0 saturated carbocycles. The van der Waals surface area contributed by atoms with Gasteiger partial charge in [-0.25, -0.2) is 0 Å². The first-order chi connectivity index (χ1) is 8.31. The molecule has 0 amide bonds. The number of hydrogen-bond acceptors (Lipinski definition) is 3. The molecule has 0 bridgehead atoms. The van der Waals surface area contributed by atoms with Gasteiger partial charge in [-0.1, -0.05) is 37.3 Å². The predicted molar refractivity (Wildman–Crippen MR) is 64.8 cm³/mol. The fourth-order valence-electron chi connectivity index (χ4n) is 2.08. The van der Waals surface area contributed by atoms with Gasteiger partial charge >= 0.3 is 5.97 Å². The molecular weight excluding hydrogens is 216 g/mol. The van der Waals surface area contributed by atoms with Gasteiger partial charge in [0.2, 0.25) is 0 Å². The van der Waals surface area contributed by atoms with Gasteiger partial charge in [-0.15, -0.1) is 0 Å². The fourth-order valence-corrected chi connectivity index (χ4v) is 2.08. The molecule has 1 saturated heterocycles. The molecule has 0 aliphatic carbocycles. The van der Waals surface area contributed by atoms with Crippen LogP contribution in [0.25, 0.3) is 0 Å². The van der Waals surface area contributed by atoms with E-state index in [1.54, 1.807) is 0 Å². The Hall–Kier alpha value is -1.35. The third kappa shape index (κ3) is 3.07. The molecule has 0 aromatic heterocycles. The van der Waals surface area contributed by atoms with Gasteiger partial charge < -0.3 is 9.47 Å². The minimum Gasteiger partial charge on any atom is -0.459 e. The highest BCUT2D eigenvalue weighted by Gasteiger charge is 2.25. The molecule has 92 valence electrons. The maximum atomic E-state index is 12.1. The molecule has 3 nitrogen and oxygen atoms in total. The van der Waals surface area contributed by atoms with Crippen molar-refractivity contribution in [1.82, 2.24) is 0 Å². The standard InChI is InChI=1S/C14H18O3/c1-2-13(11-6-4-3-5-7-11)14(15)17-12-8-9-16-10-12/h3-7,12-13H,2,8-10H2,1H3/t12-,13-/m0/s1. The molecule has 3 heteroatoms. The molecule has 0 N–H and O–H groups in total. The van der Waals surface area contributed by atoms with Crippen LogP contribution in [0.3, 0.4) is 0 Å². The maximum Gasteiger partial charge on any atom is 0.313 e. The Bertz CT molecular complexity index is 355. The first kappa shape index (κ1) is 12.1. The molecule has 1 aliphatic heterocycles. The second-order valence-electron chi connectivity index (χ2n) is 4.29. The van der Waals surface area contributed by atoms with Crippen molar-refractivity contribution in [3.63, 3.8) is 0 Å². The largest absolute Gasteiger partial charge is 0.459 e. The van der Waals surface area contributed by atoms with Crippen molar-refractivity contribution in [2.24, 2.45) is 0 Å². The van der Waals surface area contributed by atoms with Gasteiger partial charge in [0.1, 0.15) is 6.10 Å². The summed E-state index contributed by atoms with van der Waals surface area (Å²) >= 11 is 0. The lowest BCUT2D eigenvalue weighted by atomic mass is 9.97. The topological polar surface area (TPSA) is 35.5 Å². The van der Waals surface area contributed by atoms with Crippen molar-refractivity contribution in [2.45, 2.75) is 31.8 Å². The minimum absolute atomic E-state index is 0.0553. The smallest absolute Gasteiger partial charge is 0.313 e. The quantitative estimate of drug-likeness (QED) is 0.751. The van der Waals surface area contributed by atoms with Gasteiger partial charge in [-0.05, 0) is 12.0 Å². The lowest BCUT2D eigenvalue weighted by Gasteiger charge is -2.17. The lowest BCUT2D eigenvalue weighted by Crippen LogP contribution is -2.23. The van der Waals surface area contributed by atoms with Crippen LogP contribution >= 0.6 is 0 Å². The molecule has 1 fully saturated rings. The van der Waals surface area contributed by atoms with Crippen molar-refractivity contribution in [3.05, 3.63) is 35.9 Å². The molecule has 0 spiro atoms. The van der Waals surface area contributed by atoms with Crippen LogP contribution in [0.15, 0.2) is 30.3 Å². The lowest BCUT2D eigenvalue weighted by molar-refractivity contribution is -0.151. The predicted octanol–water partition coefficient (Wildman–Crippen LogP) is 2.51. The maximum absolute atomic E-state index is 12.1. The van der Waals surface area contributed by atoms with E-state index < -0.39 is 0 Å². The molecule has 1 heterocycles. The van der Waals surface area contributed by atoms with Crippen molar-refractivity contribution in [2.75, 3.05) is 13.2 Å². The Morgan fingerprint density at radius 1 is 1.47 bits per heavy atom. The van der Waals surface area contributed by atoms with Crippen LogP contribution in [-0.2, 0) is 14.3 Å². The Morgan fingerprint density at radius 3 is 2.82 bits per heavy atom. The van der Waals surface area contributed by atoms with Crippen molar-refractivity contribution in [3.8, 4) is 0 Å². The molecule has 0 radical (unpaired) electrons. The third-order valence-electron chi connectivity index (χ3n) is 3.07. The van der Waals surface area contributed by atoms with Crippen molar-refractivity contribution >= 4 is 5.97 Å². The number of hydrogen-bond donors (Lipinski definition) is 0. The van der Waals surface area contributed by atoms with Crippen LogP contribution in [0, 0.1) is 0 Å². The van der Waals surface area contributed by atoms with E-state index in [1.807, 2.05) is 37.3 Å². The van der Waals surface area contributed by atoms with Gasteiger partial charge in [0.05, 0.1) is 19.1 Å². The van der Waals surface area contributed by atoms with E-state index in [4.69, 9.17) is 9.47 Å². The van der Waals surface area contributed by atoms with Crippen LogP contribution < -0.4 is 0 Å². The molecule has 17 heavy (non-hydrogen) atoms. The van der Waals surface area contributed by atoms with E-state index in [0.29, 0.717) is 13.2 Å². The zero-order valence-electron chi connectivity index (χ0n) is 10.1. The van der Waals surface area contributed by atoms with Crippen LogP contribution in [0.2, 0.25) is 0 Å². The summed E-state index contributed by atoms with van der Waals surface area (Å²) in [6.45, 7) is 3.24. The van der Waals surface area contributed by atoms with Crippen molar-refractivity contribution in [1.29, 1.82) is 0 Å². The molecule has 1 aromatic carbocycles. The highest BCUT2D eigenvalue weighted by molar-refractivity contribution is 5.78. The summed E-state index contributed by atoms with van der Waals surface area (Å²) in [5.74, 6) is -0.286. The number of rotatable bonds is 4. The molecule has 2 atom stereocenters.